The minimum Gasteiger partial charge on any atom is -0.445 e. The van der Waals surface area contributed by atoms with Crippen molar-refractivity contribution in [3.8, 4) is 11.1 Å². The first-order valence-corrected chi connectivity index (χ1v) is 17.5. The molecule has 1 saturated heterocycles. The van der Waals surface area contributed by atoms with Gasteiger partial charge < -0.3 is 24.6 Å². The van der Waals surface area contributed by atoms with Gasteiger partial charge in [0.2, 0.25) is 0 Å². The van der Waals surface area contributed by atoms with E-state index in [4.69, 9.17) is 14.2 Å². The molecule has 0 radical (unpaired) electrons. The molecule has 0 spiro atoms. The van der Waals surface area contributed by atoms with E-state index in [0.29, 0.717) is 13.1 Å². The minimum absolute atomic E-state index is 0.00537. The maximum absolute atomic E-state index is 12.1. The topological polar surface area (TPSA) is 80.3 Å². The highest BCUT2D eigenvalue weighted by molar-refractivity contribution is 5.70. The van der Waals surface area contributed by atoms with Gasteiger partial charge in [-0.1, -0.05) is 153 Å². The third kappa shape index (κ3) is 9.60. The van der Waals surface area contributed by atoms with E-state index in [1.54, 1.807) is 0 Å². The summed E-state index contributed by atoms with van der Waals surface area (Å²) in [7, 11) is 0. The van der Waals surface area contributed by atoms with Gasteiger partial charge in [0.05, 0.1) is 18.8 Å². The smallest absolute Gasteiger partial charge is 0.407 e. The molecule has 0 aliphatic carbocycles. The second-order valence-electron chi connectivity index (χ2n) is 13.0. The van der Waals surface area contributed by atoms with E-state index >= 15 is 0 Å². The molecule has 262 valence electrons. The Bertz CT molecular complexity index is 1790. The molecular weight excluding hydrogens is 636 g/mol. The second kappa shape index (κ2) is 17.7. The van der Waals surface area contributed by atoms with Gasteiger partial charge in [-0.15, -0.1) is 0 Å². The molecule has 0 saturated carbocycles. The number of carbonyl (C=O) groups excluding carboxylic acids is 1. The number of amides is 1. The van der Waals surface area contributed by atoms with Crippen LogP contribution in [0, 0.1) is 5.92 Å². The molecule has 0 aromatic heterocycles. The molecule has 0 bridgehead atoms. The molecule has 4 atom stereocenters. The summed E-state index contributed by atoms with van der Waals surface area (Å²) in [5.74, 6) is 0.0482. The van der Waals surface area contributed by atoms with Gasteiger partial charge in [-0.25, -0.2) is 4.79 Å². The van der Waals surface area contributed by atoms with Gasteiger partial charge in [-0.05, 0) is 38.9 Å². The Hall–Kier alpha value is -5.05. The predicted molar refractivity (Wildman–Crippen MR) is 200 cm³/mol. The van der Waals surface area contributed by atoms with E-state index in [9.17, 15) is 9.90 Å². The first-order valence-electron chi connectivity index (χ1n) is 17.5. The lowest BCUT2D eigenvalue weighted by Crippen LogP contribution is -2.44. The molecule has 2 N–H and O–H groups in total. The summed E-state index contributed by atoms with van der Waals surface area (Å²) in [6.45, 7) is 8.57. The number of aliphatic hydroxyl groups is 1. The Morgan fingerprint density at radius 3 is 2.02 bits per heavy atom. The van der Waals surface area contributed by atoms with Crippen molar-refractivity contribution in [3.63, 3.8) is 0 Å². The second-order valence-corrected chi connectivity index (χ2v) is 13.0. The number of rotatable bonds is 14. The third-order valence-electron chi connectivity index (χ3n) is 9.33. The lowest BCUT2D eigenvalue weighted by Gasteiger charge is -2.43. The SMILES string of the molecule is C=CCOC(=O)NCc1ccccc1-c1ccc(C2OC(CN(Cc3ccccc3)Cc3ccccc3)C(C)C(c3ccc(CO)cc3)O2)cc1. The molecule has 1 heterocycles. The van der Waals surface area contributed by atoms with Gasteiger partial charge in [0.25, 0.3) is 0 Å². The van der Waals surface area contributed by atoms with Crippen LogP contribution >= 0.6 is 0 Å². The fraction of sp³-hybridized carbons (Fsp3) is 0.250. The minimum atomic E-state index is -0.588. The molecule has 7 heteroatoms. The van der Waals surface area contributed by atoms with Gasteiger partial charge >= 0.3 is 6.09 Å². The van der Waals surface area contributed by atoms with Crippen molar-refractivity contribution in [2.75, 3.05) is 13.2 Å². The van der Waals surface area contributed by atoms with Crippen molar-refractivity contribution in [2.24, 2.45) is 5.92 Å². The highest BCUT2D eigenvalue weighted by Crippen LogP contribution is 2.42. The lowest BCUT2D eigenvalue weighted by molar-refractivity contribution is -0.276. The standard InChI is InChI=1S/C44H46N2O5/c1-3-26-49-44(48)45-27-39-16-10-11-17-40(39)36-22-24-38(25-23-36)43-50-41(32(2)42(51-43)37-20-18-35(31-47)19-21-37)30-46(28-33-12-6-4-7-13-33)29-34-14-8-5-9-15-34/h3-25,32,41-43,47H,1,26-31H2,2H3,(H,45,48). The van der Waals surface area contributed by atoms with Crippen LogP contribution in [0.4, 0.5) is 4.79 Å². The van der Waals surface area contributed by atoms with Crippen molar-refractivity contribution < 1.29 is 24.1 Å². The fourth-order valence-electron chi connectivity index (χ4n) is 6.58. The number of carbonyl (C=O) groups is 1. The Kier molecular flexibility index (Phi) is 12.4. The molecule has 6 rings (SSSR count). The van der Waals surface area contributed by atoms with E-state index in [2.05, 4.69) is 109 Å². The van der Waals surface area contributed by atoms with Gasteiger partial charge in [0, 0.05) is 37.7 Å². The molecule has 5 aromatic carbocycles. The van der Waals surface area contributed by atoms with Gasteiger partial charge in [0.1, 0.15) is 6.61 Å². The summed E-state index contributed by atoms with van der Waals surface area (Å²) in [6, 6.07) is 45.4. The van der Waals surface area contributed by atoms with Crippen molar-refractivity contribution in [1.29, 1.82) is 0 Å². The van der Waals surface area contributed by atoms with Gasteiger partial charge in [-0.3, -0.25) is 4.90 Å². The van der Waals surface area contributed by atoms with Crippen LogP contribution in [0.2, 0.25) is 0 Å². The van der Waals surface area contributed by atoms with Crippen LogP contribution in [0.1, 0.15) is 52.7 Å². The van der Waals surface area contributed by atoms with E-state index in [-0.39, 0.29) is 31.3 Å². The van der Waals surface area contributed by atoms with Crippen molar-refractivity contribution in [2.45, 2.75) is 51.7 Å². The average molecular weight is 683 g/mol. The first-order chi connectivity index (χ1) is 25.0. The summed E-state index contributed by atoms with van der Waals surface area (Å²) < 4.78 is 18.8. The van der Waals surface area contributed by atoms with Crippen molar-refractivity contribution >= 4 is 6.09 Å². The zero-order valence-corrected chi connectivity index (χ0v) is 29.1. The van der Waals surface area contributed by atoms with Crippen LogP contribution in [0.25, 0.3) is 11.1 Å². The molecular formula is C44H46N2O5. The monoisotopic (exact) mass is 682 g/mol. The maximum Gasteiger partial charge on any atom is 0.407 e. The highest BCUT2D eigenvalue weighted by Gasteiger charge is 2.39. The van der Waals surface area contributed by atoms with Crippen LogP contribution < -0.4 is 5.32 Å². The largest absolute Gasteiger partial charge is 0.445 e. The van der Waals surface area contributed by atoms with Crippen molar-refractivity contribution in [3.05, 3.63) is 179 Å². The van der Waals surface area contributed by atoms with Crippen LogP contribution in [0.3, 0.4) is 0 Å². The summed E-state index contributed by atoms with van der Waals surface area (Å²) in [5, 5.41) is 12.5. The lowest BCUT2D eigenvalue weighted by atomic mass is 9.89. The number of ether oxygens (including phenoxy) is 3. The third-order valence-corrected chi connectivity index (χ3v) is 9.33. The summed E-state index contributed by atoms with van der Waals surface area (Å²) >= 11 is 0. The van der Waals surface area contributed by atoms with Gasteiger partial charge in [0.15, 0.2) is 6.29 Å². The van der Waals surface area contributed by atoms with Crippen LogP contribution in [-0.4, -0.2) is 35.4 Å². The van der Waals surface area contributed by atoms with E-state index in [1.807, 2.05) is 48.5 Å². The number of hydrogen-bond donors (Lipinski definition) is 2. The van der Waals surface area contributed by atoms with Crippen LogP contribution in [0.5, 0.6) is 0 Å². The highest BCUT2D eigenvalue weighted by atomic mass is 16.7. The quantitative estimate of drug-likeness (QED) is 0.114. The average Bonchev–Trinajstić information content (AvgIpc) is 3.18. The summed E-state index contributed by atoms with van der Waals surface area (Å²) in [4.78, 5) is 14.5. The number of hydrogen-bond acceptors (Lipinski definition) is 6. The maximum atomic E-state index is 12.1. The zero-order valence-electron chi connectivity index (χ0n) is 29.1. The molecule has 4 unspecified atom stereocenters. The Balaban J connectivity index is 1.26. The van der Waals surface area contributed by atoms with Crippen LogP contribution in [-0.2, 0) is 40.5 Å². The fourth-order valence-corrected chi connectivity index (χ4v) is 6.58. The Labute approximate surface area is 301 Å². The molecule has 5 aromatic rings. The molecule has 1 aliphatic rings. The van der Waals surface area contributed by atoms with E-state index < -0.39 is 12.4 Å². The molecule has 1 fully saturated rings. The Morgan fingerprint density at radius 1 is 0.784 bits per heavy atom. The normalized spacial score (nSPS) is 18.6. The number of nitrogens with one attached hydrogen (secondary N) is 1. The number of aliphatic hydroxyl groups excluding tert-OH is 1. The molecule has 1 amide bonds. The van der Waals surface area contributed by atoms with E-state index in [1.165, 1.54) is 17.2 Å². The molecule has 51 heavy (non-hydrogen) atoms. The predicted octanol–water partition coefficient (Wildman–Crippen LogP) is 8.75. The first kappa shape index (κ1) is 35.8. The number of nitrogens with zero attached hydrogens (tertiary/aromatic N) is 1. The summed E-state index contributed by atoms with van der Waals surface area (Å²) in [5.41, 5.74) is 8.36. The Morgan fingerprint density at radius 2 is 1.39 bits per heavy atom. The van der Waals surface area contributed by atoms with Crippen LogP contribution in [0.15, 0.2) is 146 Å². The van der Waals surface area contributed by atoms with Gasteiger partial charge in [-0.2, -0.15) is 0 Å². The summed E-state index contributed by atoms with van der Waals surface area (Å²) in [6.07, 6.45) is 0.116. The van der Waals surface area contributed by atoms with Crippen molar-refractivity contribution in [1.82, 2.24) is 10.2 Å². The zero-order chi connectivity index (χ0) is 35.4. The van der Waals surface area contributed by atoms with E-state index in [0.717, 1.165) is 46.5 Å². The number of benzene rings is 5. The molecule has 7 nitrogen and oxygen atoms in total. The molecule has 1 aliphatic heterocycles. The number of alkyl carbamates (subject to hydrolysis) is 1.